The molecule has 1 N–H and O–H groups in total. The monoisotopic (exact) mass is 392 g/mol. The largest absolute Gasteiger partial charge is 0.497 e. The summed E-state index contributed by atoms with van der Waals surface area (Å²) in [6.07, 6.45) is -1.50. The number of halogens is 1. The van der Waals surface area contributed by atoms with Gasteiger partial charge in [-0.25, -0.2) is 9.59 Å². The van der Waals surface area contributed by atoms with E-state index in [0.29, 0.717) is 5.75 Å². The predicted octanol–water partition coefficient (Wildman–Crippen LogP) is 2.96. The molecule has 142 valence electrons. The SMILES string of the molecule is COc1ccc(COC(=O)c2ccc(C(OC(=O)CCl)C(=O)O)cc2)cc1. The van der Waals surface area contributed by atoms with Crippen molar-refractivity contribution in [3.8, 4) is 5.75 Å². The summed E-state index contributed by atoms with van der Waals surface area (Å²) in [5.41, 5.74) is 1.23. The van der Waals surface area contributed by atoms with Crippen LogP contribution in [0, 0.1) is 0 Å². The van der Waals surface area contributed by atoms with Gasteiger partial charge >= 0.3 is 17.9 Å². The van der Waals surface area contributed by atoms with E-state index in [1.807, 2.05) is 0 Å². The second kappa shape index (κ2) is 9.59. The fourth-order valence-electron chi connectivity index (χ4n) is 2.17. The lowest BCUT2D eigenvalue weighted by Gasteiger charge is -2.13. The Hall–Kier alpha value is -3.06. The van der Waals surface area contributed by atoms with Gasteiger partial charge in [-0.2, -0.15) is 0 Å². The highest BCUT2D eigenvalue weighted by atomic mass is 35.5. The number of aliphatic carboxylic acids is 1. The fraction of sp³-hybridized carbons (Fsp3) is 0.211. The van der Waals surface area contributed by atoms with Crippen molar-refractivity contribution < 1.29 is 33.7 Å². The number of rotatable bonds is 8. The third-order valence-corrected chi connectivity index (χ3v) is 3.78. The van der Waals surface area contributed by atoms with Gasteiger partial charge in [0.25, 0.3) is 0 Å². The van der Waals surface area contributed by atoms with Gasteiger partial charge in [0.05, 0.1) is 12.7 Å². The summed E-state index contributed by atoms with van der Waals surface area (Å²) >= 11 is 5.32. The number of benzene rings is 2. The Kier molecular flexibility index (Phi) is 7.19. The molecule has 0 spiro atoms. The summed E-state index contributed by atoms with van der Waals surface area (Å²) in [5.74, 6) is -2.53. The van der Waals surface area contributed by atoms with Crippen LogP contribution in [0.15, 0.2) is 48.5 Å². The lowest BCUT2D eigenvalue weighted by atomic mass is 10.1. The summed E-state index contributed by atoms with van der Waals surface area (Å²) in [7, 11) is 1.56. The first-order valence-electron chi connectivity index (χ1n) is 7.83. The van der Waals surface area contributed by atoms with E-state index in [1.165, 1.54) is 24.3 Å². The molecular formula is C19H17ClO7. The van der Waals surface area contributed by atoms with E-state index in [-0.39, 0.29) is 17.7 Å². The number of carbonyl (C=O) groups is 3. The predicted molar refractivity (Wildman–Crippen MR) is 95.7 cm³/mol. The summed E-state index contributed by atoms with van der Waals surface area (Å²) in [5, 5.41) is 9.18. The third kappa shape index (κ3) is 5.72. The normalized spacial score (nSPS) is 11.3. The van der Waals surface area contributed by atoms with Crippen molar-refractivity contribution in [1.29, 1.82) is 0 Å². The smallest absolute Gasteiger partial charge is 0.349 e. The Morgan fingerprint density at radius 3 is 2.19 bits per heavy atom. The van der Waals surface area contributed by atoms with Crippen LogP contribution in [0.4, 0.5) is 0 Å². The van der Waals surface area contributed by atoms with E-state index in [9.17, 15) is 19.5 Å². The number of ether oxygens (including phenoxy) is 3. The zero-order valence-electron chi connectivity index (χ0n) is 14.4. The number of carboxylic acids is 1. The maximum absolute atomic E-state index is 12.1. The zero-order valence-corrected chi connectivity index (χ0v) is 15.1. The molecule has 2 aromatic carbocycles. The van der Waals surface area contributed by atoms with Crippen molar-refractivity contribution >= 4 is 29.5 Å². The molecule has 1 atom stereocenters. The van der Waals surface area contributed by atoms with E-state index in [1.54, 1.807) is 31.4 Å². The summed E-state index contributed by atoms with van der Waals surface area (Å²) < 4.78 is 15.0. The Bertz CT molecular complexity index is 800. The quantitative estimate of drug-likeness (QED) is 0.544. The molecule has 0 amide bonds. The molecule has 0 saturated heterocycles. The molecule has 0 saturated carbocycles. The van der Waals surface area contributed by atoms with Gasteiger partial charge in [0.15, 0.2) is 0 Å². The molecule has 0 radical (unpaired) electrons. The van der Waals surface area contributed by atoms with Gasteiger partial charge in [-0.1, -0.05) is 24.3 Å². The van der Waals surface area contributed by atoms with Crippen LogP contribution in [0.3, 0.4) is 0 Å². The number of carboxylic acid groups (broad SMARTS) is 1. The minimum Gasteiger partial charge on any atom is -0.497 e. The highest BCUT2D eigenvalue weighted by molar-refractivity contribution is 6.26. The Morgan fingerprint density at radius 1 is 1.04 bits per heavy atom. The summed E-state index contributed by atoms with van der Waals surface area (Å²) in [4.78, 5) is 34.6. The standard InChI is InChI=1S/C19H17ClO7/c1-25-15-8-2-12(3-9-15)11-26-19(24)14-6-4-13(5-7-14)17(18(22)23)27-16(21)10-20/h2-9,17H,10-11H2,1H3,(H,22,23). The first-order valence-corrected chi connectivity index (χ1v) is 8.36. The van der Waals surface area contributed by atoms with Gasteiger partial charge in [-0.05, 0) is 29.8 Å². The van der Waals surface area contributed by atoms with Crippen LogP contribution in [-0.4, -0.2) is 36.0 Å². The van der Waals surface area contributed by atoms with Crippen molar-refractivity contribution in [2.45, 2.75) is 12.7 Å². The minimum absolute atomic E-state index is 0.0790. The van der Waals surface area contributed by atoms with E-state index < -0.39 is 29.9 Å². The number of esters is 2. The van der Waals surface area contributed by atoms with Gasteiger partial charge in [-0.15, -0.1) is 11.6 Å². The van der Waals surface area contributed by atoms with E-state index in [2.05, 4.69) is 0 Å². The minimum atomic E-state index is -1.50. The maximum atomic E-state index is 12.1. The average Bonchev–Trinajstić information content (AvgIpc) is 2.70. The van der Waals surface area contributed by atoms with Crippen LogP contribution in [0.25, 0.3) is 0 Å². The zero-order chi connectivity index (χ0) is 19.8. The van der Waals surface area contributed by atoms with Crippen LogP contribution in [0.2, 0.25) is 0 Å². The summed E-state index contributed by atoms with van der Waals surface area (Å²) in [6.45, 7) is 0.0790. The van der Waals surface area contributed by atoms with Crippen LogP contribution in [0.5, 0.6) is 5.75 Å². The van der Waals surface area contributed by atoms with Crippen molar-refractivity contribution in [3.05, 3.63) is 65.2 Å². The van der Waals surface area contributed by atoms with E-state index >= 15 is 0 Å². The van der Waals surface area contributed by atoms with Crippen molar-refractivity contribution in [2.24, 2.45) is 0 Å². The molecule has 7 nitrogen and oxygen atoms in total. The molecule has 0 bridgehead atoms. The molecule has 0 aliphatic carbocycles. The summed E-state index contributed by atoms with van der Waals surface area (Å²) in [6, 6.07) is 12.6. The van der Waals surface area contributed by atoms with Gasteiger partial charge in [0.1, 0.15) is 18.2 Å². The molecule has 0 aliphatic heterocycles. The lowest BCUT2D eigenvalue weighted by molar-refractivity contribution is -0.162. The number of carbonyl (C=O) groups excluding carboxylic acids is 2. The van der Waals surface area contributed by atoms with Crippen molar-refractivity contribution in [3.63, 3.8) is 0 Å². The molecule has 27 heavy (non-hydrogen) atoms. The van der Waals surface area contributed by atoms with Crippen LogP contribution in [-0.2, 0) is 25.7 Å². The van der Waals surface area contributed by atoms with Gasteiger partial charge < -0.3 is 19.3 Å². The van der Waals surface area contributed by atoms with Gasteiger partial charge in [-0.3, -0.25) is 4.79 Å². The maximum Gasteiger partial charge on any atom is 0.349 e. The number of hydrogen-bond donors (Lipinski definition) is 1. The number of alkyl halides is 1. The van der Waals surface area contributed by atoms with Gasteiger partial charge in [0.2, 0.25) is 6.10 Å². The highest BCUT2D eigenvalue weighted by Gasteiger charge is 2.24. The van der Waals surface area contributed by atoms with E-state index in [4.69, 9.17) is 25.8 Å². The molecule has 2 rings (SSSR count). The highest BCUT2D eigenvalue weighted by Crippen LogP contribution is 2.20. The first kappa shape index (κ1) is 20.3. The molecular weight excluding hydrogens is 376 g/mol. The average molecular weight is 393 g/mol. The second-order valence-electron chi connectivity index (χ2n) is 5.39. The molecule has 0 aromatic heterocycles. The third-order valence-electron chi connectivity index (χ3n) is 3.56. The topological polar surface area (TPSA) is 99.1 Å². The number of methoxy groups -OCH3 is 1. The van der Waals surface area contributed by atoms with Crippen LogP contribution < -0.4 is 4.74 Å². The second-order valence-corrected chi connectivity index (χ2v) is 5.66. The Balaban J connectivity index is 2.00. The molecule has 2 aromatic rings. The fourth-order valence-corrected chi connectivity index (χ4v) is 2.23. The molecule has 0 heterocycles. The van der Waals surface area contributed by atoms with Crippen LogP contribution >= 0.6 is 11.6 Å². The van der Waals surface area contributed by atoms with Crippen molar-refractivity contribution in [1.82, 2.24) is 0 Å². The first-order chi connectivity index (χ1) is 12.9. The van der Waals surface area contributed by atoms with Crippen LogP contribution in [0.1, 0.15) is 27.6 Å². The van der Waals surface area contributed by atoms with Crippen molar-refractivity contribution in [2.75, 3.05) is 13.0 Å². The molecule has 0 aliphatic rings. The molecule has 8 heteroatoms. The van der Waals surface area contributed by atoms with Gasteiger partial charge in [0, 0.05) is 5.56 Å². The Morgan fingerprint density at radius 2 is 1.67 bits per heavy atom. The van der Waals surface area contributed by atoms with E-state index in [0.717, 1.165) is 5.56 Å². The Labute approximate surface area is 160 Å². The molecule has 0 fully saturated rings. The lowest BCUT2D eigenvalue weighted by Crippen LogP contribution is -2.20. The molecule has 1 unspecified atom stereocenters. The number of hydrogen-bond acceptors (Lipinski definition) is 6.